The van der Waals surface area contributed by atoms with Gasteiger partial charge in [-0.25, -0.2) is 9.78 Å². The standard InChI is InChI=1S/C25H28BrClFN3O4/c26-22-21(18(27)13-29-23(22)28)24(32)31-20(25(33)34)9-10-35-17-11-14(12-17)5-7-16-8-6-15-3-1-2-4-19(15)30-16/h6,8,13-14,17,20H,1-5,7,9-12H2,(H,31,32)(H,33,34)/t14?,17?,20-/m0/s1. The molecule has 1 saturated carbocycles. The van der Waals surface area contributed by atoms with Crippen molar-refractivity contribution in [3.8, 4) is 0 Å². The number of hydrogen-bond acceptors (Lipinski definition) is 5. The zero-order valence-corrected chi connectivity index (χ0v) is 21.6. The van der Waals surface area contributed by atoms with Gasteiger partial charge in [-0.2, -0.15) is 4.39 Å². The molecule has 0 spiro atoms. The number of amides is 1. The lowest BCUT2D eigenvalue weighted by atomic mass is 9.79. The minimum absolute atomic E-state index is 0.0812. The quantitative estimate of drug-likeness (QED) is 0.395. The summed E-state index contributed by atoms with van der Waals surface area (Å²) in [5.74, 6) is -2.33. The molecule has 2 N–H and O–H groups in total. The van der Waals surface area contributed by atoms with E-state index in [1.54, 1.807) is 0 Å². The Morgan fingerprint density at radius 1 is 1.29 bits per heavy atom. The van der Waals surface area contributed by atoms with Crippen molar-refractivity contribution in [2.24, 2.45) is 5.92 Å². The highest BCUT2D eigenvalue weighted by Crippen LogP contribution is 2.34. The Hall–Kier alpha value is -2.10. The monoisotopic (exact) mass is 567 g/mol. The van der Waals surface area contributed by atoms with Gasteiger partial charge in [-0.3, -0.25) is 9.78 Å². The molecule has 0 aromatic carbocycles. The Labute approximate surface area is 217 Å². The van der Waals surface area contributed by atoms with Crippen molar-refractivity contribution >= 4 is 39.4 Å². The molecule has 4 rings (SSSR count). The molecule has 1 fully saturated rings. The summed E-state index contributed by atoms with van der Waals surface area (Å²) in [7, 11) is 0. The van der Waals surface area contributed by atoms with Crippen molar-refractivity contribution in [1.29, 1.82) is 0 Å². The largest absolute Gasteiger partial charge is 0.480 e. The summed E-state index contributed by atoms with van der Waals surface area (Å²) in [5, 5.41) is 11.8. The van der Waals surface area contributed by atoms with E-state index in [0.717, 1.165) is 50.4 Å². The normalized spacial score (nSPS) is 20.0. The molecule has 0 aliphatic heterocycles. The second kappa shape index (κ2) is 11.8. The molecule has 1 atom stereocenters. The zero-order chi connectivity index (χ0) is 24.9. The fourth-order valence-corrected chi connectivity index (χ4v) is 5.50. The Morgan fingerprint density at radius 3 is 2.83 bits per heavy atom. The number of nitrogens with zero attached hydrogens (tertiary/aromatic N) is 2. The van der Waals surface area contributed by atoms with Gasteiger partial charge in [0, 0.05) is 30.6 Å². The average molecular weight is 569 g/mol. The maximum absolute atomic E-state index is 13.7. The molecule has 10 heteroatoms. The third kappa shape index (κ3) is 6.57. The third-order valence-electron chi connectivity index (χ3n) is 6.76. The summed E-state index contributed by atoms with van der Waals surface area (Å²) in [6, 6.07) is 3.20. The number of carboxylic acid groups (broad SMARTS) is 1. The van der Waals surface area contributed by atoms with Crippen LogP contribution in [-0.2, 0) is 28.8 Å². The molecule has 2 heterocycles. The molecule has 2 aliphatic carbocycles. The SMILES string of the molecule is O=C(N[C@@H](CCOC1CC(CCc2ccc3c(n2)CCCC3)C1)C(=O)O)c1c(Cl)cnc(F)c1Br. The number of fused-ring (bicyclic) bond motifs is 1. The average Bonchev–Trinajstić information content (AvgIpc) is 2.81. The van der Waals surface area contributed by atoms with Gasteiger partial charge in [0.2, 0.25) is 5.95 Å². The summed E-state index contributed by atoms with van der Waals surface area (Å²) in [5.41, 5.74) is 3.64. The van der Waals surface area contributed by atoms with E-state index in [2.05, 4.69) is 38.4 Å². The first-order valence-corrected chi connectivity index (χ1v) is 13.1. The molecular weight excluding hydrogens is 541 g/mol. The Morgan fingerprint density at radius 2 is 2.06 bits per heavy atom. The minimum atomic E-state index is -1.20. The van der Waals surface area contributed by atoms with Crippen LogP contribution in [0, 0.1) is 11.9 Å². The molecule has 35 heavy (non-hydrogen) atoms. The van der Waals surface area contributed by atoms with Gasteiger partial charge in [-0.15, -0.1) is 0 Å². The van der Waals surface area contributed by atoms with Gasteiger partial charge in [-0.1, -0.05) is 17.7 Å². The van der Waals surface area contributed by atoms with Crippen LogP contribution in [0.25, 0.3) is 0 Å². The fraction of sp³-hybridized carbons (Fsp3) is 0.520. The first-order valence-electron chi connectivity index (χ1n) is 11.9. The maximum atomic E-state index is 13.7. The number of halogens is 3. The van der Waals surface area contributed by atoms with Gasteiger partial charge >= 0.3 is 5.97 Å². The zero-order valence-electron chi connectivity index (χ0n) is 19.2. The molecule has 2 aliphatic rings. The minimum Gasteiger partial charge on any atom is -0.480 e. The van der Waals surface area contributed by atoms with E-state index < -0.39 is 23.9 Å². The van der Waals surface area contributed by atoms with Crippen LogP contribution in [0.4, 0.5) is 4.39 Å². The molecule has 2 aromatic heterocycles. The molecule has 7 nitrogen and oxygen atoms in total. The van der Waals surface area contributed by atoms with Crippen molar-refractivity contribution in [3.63, 3.8) is 0 Å². The molecule has 0 bridgehead atoms. The number of carbonyl (C=O) groups is 2. The van der Waals surface area contributed by atoms with Gasteiger partial charge in [-0.05, 0) is 84.8 Å². The van der Waals surface area contributed by atoms with E-state index in [4.69, 9.17) is 21.3 Å². The summed E-state index contributed by atoms with van der Waals surface area (Å²) in [6.45, 7) is 0.195. The van der Waals surface area contributed by atoms with Crippen LogP contribution < -0.4 is 5.32 Å². The van der Waals surface area contributed by atoms with Gasteiger partial charge < -0.3 is 15.2 Å². The number of aryl methyl sites for hydroxylation is 3. The summed E-state index contributed by atoms with van der Waals surface area (Å²) < 4.78 is 19.3. The second-order valence-electron chi connectivity index (χ2n) is 9.22. The molecule has 2 aromatic rings. The van der Waals surface area contributed by atoms with Crippen molar-refractivity contribution in [1.82, 2.24) is 15.3 Å². The smallest absolute Gasteiger partial charge is 0.326 e. The number of ether oxygens (including phenoxy) is 1. The topological polar surface area (TPSA) is 101 Å². The van der Waals surface area contributed by atoms with Crippen molar-refractivity contribution in [2.45, 2.75) is 69.9 Å². The van der Waals surface area contributed by atoms with Gasteiger partial charge in [0.1, 0.15) is 6.04 Å². The Kier molecular flexibility index (Phi) is 8.73. The number of carboxylic acids is 1. The molecule has 1 amide bonds. The van der Waals surface area contributed by atoms with Crippen LogP contribution in [0.3, 0.4) is 0 Å². The molecule has 0 unspecified atom stereocenters. The van der Waals surface area contributed by atoms with Crippen LogP contribution in [0.5, 0.6) is 0 Å². The van der Waals surface area contributed by atoms with E-state index in [0.29, 0.717) is 5.92 Å². The first-order chi connectivity index (χ1) is 16.8. The maximum Gasteiger partial charge on any atom is 0.326 e. The highest BCUT2D eigenvalue weighted by atomic mass is 79.9. The van der Waals surface area contributed by atoms with E-state index >= 15 is 0 Å². The van der Waals surface area contributed by atoms with E-state index in [-0.39, 0.29) is 34.2 Å². The molecular formula is C25H28BrClFN3O4. The van der Waals surface area contributed by atoms with E-state index in [9.17, 15) is 19.1 Å². The van der Waals surface area contributed by atoms with Crippen LogP contribution in [0.2, 0.25) is 5.02 Å². The lowest BCUT2D eigenvalue weighted by Crippen LogP contribution is -2.42. The van der Waals surface area contributed by atoms with Crippen LogP contribution in [0.15, 0.2) is 22.8 Å². The fourth-order valence-electron chi connectivity index (χ4n) is 4.66. The Balaban J connectivity index is 1.18. The molecule has 0 saturated heterocycles. The van der Waals surface area contributed by atoms with Crippen LogP contribution >= 0.6 is 27.5 Å². The number of carbonyl (C=O) groups excluding carboxylic acids is 1. The first kappa shape index (κ1) is 26.0. The van der Waals surface area contributed by atoms with Crippen LogP contribution in [-0.4, -0.2) is 45.7 Å². The lowest BCUT2D eigenvalue weighted by molar-refractivity contribution is -0.140. The van der Waals surface area contributed by atoms with E-state index in [1.165, 1.54) is 24.1 Å². The molecule has 188 valence electrons. The van der Waals surface area contributed by atoms with Crippen molar-refractivity contribution in [2.75, 3.05) is 6.61 Å². The summed E-state index contributed by atoms with van der Waals surface area (Å²) in [4.78, 5) is 32.4. The number of rotatable bonds is 10. The van der Waals surface area contributed by atoms with Crippen molar-refractivity contribution in [3.05, 3.63) is 56.3 Å². The predicted molar refractivity (Wildman–Crippen MR) is 132 cm³/mol. The van der Waals surface area contributed by atoms with Crippen LogP contribution in [0.1, 0.15) is 65.8 Å². The highest BCUT2D eigenvalue weighted by Gasteiger charge is 2.31. The predicted octanol–water partition coefficient (Wildman–Crippen LogP) is 4.91. The second-order valence-corrected chi connectivity index (χ2v) is 10.4. The summed E-state index contributed by atoms with van der Waals surface area (Å²) in [6.07, 6.45) is 9.81. The lowest BCUT2D eigenvalue weighted by Gasteiger charge is -2.35. The third-order valence-corrected chi connectivity index (χ3v) is 7.77. The Bertz CT molecular complexity index is 1100. The number of aromatic nitrogens is 2. The van der Waals surface area contributed by atoms with E-state index in [1.807, 2.05) is 0 Å². The highest BCUT2D eigenvalue weighted by molar-refractivity contribution is 9.10. The number of nitrogens with one attached hydrogen (secondary N) is 1. The molecule has 0 radical (unpaired) electrons. The van der Waals surface area contributed by atoms with Gasteiger partial charge in [0.15, 0.2) is 0 Å². The summed E-state index contributed by atoms with van der Waals surface area (Å²) >= 11 is 8.88. The number of pyridine rings is 2. The number of hydrogen-bond donors (Lipinski definition) is 2. The van der Waals surface area contributed by atoms with Gasteiger partial charge in [0.25, 0.3) is 5.91 Å². The van der Waals surface area contributed by atoms with Gasteiger partial charge in [0.05, 0.1) is 21.2 Å². The number of aliphatic carboxylic acids is 1. The van der Waals surface area contributed by atoms with Crippen molar-refractivity contribution < 1.29 is 23.8 Å².